The maximum absolute atomic E-state index is 13.1. The molecule has 4 atom stereocenters. The zero-order chi connectivity index (χ0) is 25.0. The summed E-state index contributed by atoms with van der Waals surface area (Å²) >= 11 is 0. The highest BCUT2D eigenvalue weighted by Gasteiger charge is 2.41. The lowest BCUT2D eigenvalue weighted by atomic mass is 10.0. The van der Waals surface area contributed by atoms with Crippen LogP contribution in [0.15, 0.2) is 12.1 Å². The van der Waals surface area contributed by atoms with E-state index in [2.05, 4.69) is 10.6 Å². The molecular weight excluding hydrogens is 442 g/mol. The standard InChI is InChI=1S/C24H33N3O7/c1-6-33-24-17(12-19(28)34-24)26-22(30)18-8-7-9-27(18)23(31)15(4)25-21(29)16-10-13(2)20(32-5)14(3)11-16/h10-11,15,17-18,24H,6-9,12H2,1-5H3,(H,25,29)(H,26,30)/t15-,17?,18-,24-/m0/s1. The van der Waals surface area contributed by atoms with Crippen molar-refractivity contribution in [2.45, 2.75) is 71.4 Å². The van der Waals surface area contributed by atoms with Crippen LogP contribution in [-0.2, 0) is 23.9 Å². The Kier molecular flexibility index (Phi) is 8.14. The van der Waals surface area contributed by atoms with E-state index in [1.807, 2.05) is 13.8 Å². The van der Waals surface area contributed by atoms with Crippen molar-refractivity contribution < 1.29 is 33.4 Å². The molecule has 10 nitrogen and oxygen atoms in total. The highest BCUT2D eigenvalue weighted by molar-refractivity contribution is 5.99. The van der Waals surface area contributed by atoms with Crippen LogP contribution in [0, 0.1) is 13.8 Å². The Hall–Kier alpha value is -3.14. The molecule has 0 radical (unpaired) electrons. The zero-order valence-electron chi connectivity index (χ0n) is 20.3. The summed E-state index contributed by atoms with van der Waals surface area (Å²) in [6.07, 6.45) is 0.345. The quantitative estimate of drug-likeness (QED) is 0.542. The summed E-state index contributed by atoms with van der Waals surface area (Å²) in [5.74, 6) is -0.807. The van der Waals surface area contributed by atoms with E-state index in [9.17, 15) is 19.2 Å². The molecule has 186 valence electrons. The molecule has 2 heterocycles. The fraction of sp³-hybridized carbons (Fsp3) is 0.583. The molecule has 0 aromatic heterocycles. The number of esters is 1. The van der Waals surface area contributed by atoms with E-state index in [1.165, 1.54) is 4.90 Å². The van der Waals surface area contributed by atoms with Crippen LogP contribution in [0.5, 0.6) is 5.75 Å². The van der Waals surface area contributed by atoms with E-state index in [1.54, 1.807) is 33.1 Å². The molecule has 2 aliphatic rings. The summed E-state index contributed by atoms with van der Waals surface area (Å²) in [4.78, 5) is 52.0. The average molecular weight is 476 g/mol. The summed E-state index contributed by atoms with van der Waals surface area (Å²) in [7, 11) is 1.58. The third kappa shape index (κ3) is 5.49. The number of amides is 3. The first-order valence-electron chi connectivity index (χ1n) is 11.5. The second-order valence-electron chi connectivity index (χ2n) is 8.66. The van der Waals surface area contributed by atoms with Gasteiger partial charge < -0.3 is 29.7 Å². The van der Waals surface area contributed by atoms with Crippen molar-refractivity contribution in [2.75, 3.05) is 20.3 Å². The van der Waals surface area contributed by atoms with Crippen LogP contribution in [-0.4, -0.2) is 73.3 Å². The van der Waals surface area contributed by atoms with Gasteiger partial charge in [-0.25, -0.2) is 0 Å². The van der Waals surface area contributed by atoms with Crippen LogP contribution in [0.2, 0.25) is 0 Å². The molecule has 0 spiro atoms. The molecule has 0 aliphatic carbocycles. The number of nitrogens with one attached hydrogen (secondary N) is 2. The molecule has 0 saturated carbocycles. The van der Waals surface area contributed by atoms with Crippen LogP contribution in [0.25, 0.3) is 0 Å². The lowest BCUT2D eigenvalue weighted by Gasteiger charge is -2.28. The normalized spacial score (nSPS) is 22.8. The van der Waals surface area contributed by atoms with E-state index in [0.29, 0.717) is 37.3 Å². The number of carbonyl (C=O) groups is 4. The lowest BCUT2D eigenvalue weighted by Crippen LogP contribution is -2.54. The number of carbonyl (C=O) groups excluding carboxylic acids is 4. The third-order valence-electron chi connectivity index (χ3n) is 6.10. The Morgan fingerprint density at radius 3 is 2.53 bits per heavy atom. The van der Waals surface area contributed by atoms with Crippen LogP contribution in [0.4, 0.5) is 0 Å². The molecular formula is C24H33N3O7. The van der Waals surface area contributed by atoms with Gasteiger partial charge in [-0.2, -0.15) is 0 Å². The molecule has 2 saturated heterocycles. The van der Waals surface area contributed by atoms with Crippen molar-refractivity contribution >= 4 is 23.7 Å². The van der Waals surface area contributed by atoms with Gasteiger partial charge in [-0.15, -0.1) is 0 Å². The van der Waals surface area contributed by atoms with E-state index in [4.69, 9.17) is 14.2 Å². The predicted octanol–water partition coefficient (Wildman–Crippen LogP) is 1.22. The van der Waals surface area contributed by atoms with Crippen molar-refractivity contribution in [3.05, 3.63) is 28.8 Å². The van der Waals surface area contributed by atoms with Crippen LogP contribution in [0.1, 0.15) is 54.6 Å². The Labute approximate surface area is 199 Å². The minimum Gasteiger partial charge on any atom is -0.496 e. The molecule has 0 bridgehead atoms. The van der Waals surface area contributed by atoms with Gasteiger partial charge in [0.05, 0.1) is 13.5 Å². The first-order chi connectivity index (χ1) is 16.2. The number of aryl methyl sites for hydroxylation is 2. The van der Waals surface area contributed by atoms with E-state index in [-0.39, 0.29) is 24.1 Å². The molecule has 2 fully saturated rings. The Morgan fingerprint density at radius 1 is 1.24 bits per heavy atom. The summed E-state index contributed by atoms with van der Waals surface area (Å²) in [5.41, 5.74) is 2.07. The summed E-state index contributed by atoms with van der Waals surface area (Å²) in [6, 6.07) is 1.32. The van der Waals surface area contributed by atoms with E-state index < -0.39 is 30.4 Å². The van der Waals surface area contributed by atoms with Gasteiger partial charge in [0.25, 0.3) is 5.91 Å². The number of hydrogen-bond donors (Lipinski definition) is 2. The fourth-order valence-corrected chi connectivity index (χ4v) is 4.54. The average Bonchev–Trinajstić information content (AvgIpc) is 3.40. The van der Waals surface area contributed by atoms with E-state index in [0.717, 1.165) is 11.1 Å². The second kappa shape index (κ2) is 10.9. The monoisotopic (exact) mass is 475 g/mol. The van der Waals surface area contributed by atoms with Crippen molar-refractivity contribution in [3.8, 4) is 5.75 Å². The topological polar surface area (TPSA) is 123 Å². The zero-order valence-corrected chi connectivity index (χ0v) is 20.3. The molecule has 34 heavy (non-hydrogen) atoms. The fourth-order valence-electron chi connectivity index (χ4n) is 4.54. The molecule has 3 amide bonds. The van der Waals surface area contributed by atoms with Gasteiger partial charge in [0.15, 0.2) is 0 Å². The summed E-state index contributed by atoms with van der Waals surface area (Å²) in [6.45, 7) is 7.82. The third-order valence-corrected chi connectivity index (χ3v) is 6.10. The number of benzene rings is 1. The van der Waals surface area contributed by atoms with Gasteiger partial charge >= 0.3 is 5.97 Å². The molecule has 1 aromatic carbocycles. The van der Waals surface area contributed by atoms with Gasteiger partial charge in [0.1, 0.15) is 23.9 Å². The minimum absolute atomic E-state index is 0.0181. The number of nitrogens with zero attached hydrogens (tertiary/aromatic N) is 1. The largest absolute Gasteiger partial charge is 0.496 e. The number of hydrogen-bond acceptors (Lipinski definition) is 7. The Balaban J connectivity index is 1.63. The minimum atomic E-state index is -0.832. The first kappa shape index (κ1) is 25.5. The van der Waals surface area contributed by atoms with Crippen molar-refractivity contribution in [1.82, 2.24) is 15.5 Å². The maximum Gasteiger partial charge on any atom is 0.310 e. The van der Waals surface area contributed by atoms with Gasteiger partial charge in [0.2, 0.25) is 18.1 Å². The predicted molar refractivity (Wildman–Crippen MR) is 122 cm³/mol. The Morgan fingerprint density at radius 2 is 1.91 bits per heavy atom. The molecule has 1 unspecified atom stereocenters. The second-order valence-corrected chi connectivity index (χ2v) is 8.66. The van der Waals surface area contributed by atoms with Crippen molar-refractivity contribution in [2.24, 2.45) is 0 Å². The highest BCUT2D eigenvalue weighted by Crippen LogP contribution is 2.25. The smallest absolute Gasteiger partial charge is 0.310 e. The number of ether oxygens (including phenoxy) is 3. The van der Waals surface area contributed by atoms with Crippen LogP contribution in [0.3, 0.4) is 0 Å². The van der Waals surface area contributed by atoms with Crippen LogP contribution < -0.4 is 15.4 Å². The number of cyclic esters (lactones) is 1. The first-order valence-corrected chi connectivity index (χ1v) is 11.5. The molecule has 1 aromatic rings. The van der Waals surface area contributed by atoms with Gasteiger partial charge in [-0.3, -0.25) is 19.2 Å². The van der Waals surface area contributed by atoms with Gasteiger partial charge in [-0.1, -0.05) is 0 Å². The number of likely N-dealkylation sites (tertiary alicyclic amines) is 1. The summed E-state index contributed by atoms with van der Waals surface area (Å²) in [5, 5.41) is 5.54. The Bertz CT molecular complexity index is 941. The van der Waals surface area contributed by atoms with E-state index >= 15 is 0 Å². The summed E-state index contributed by atoms with van der Waals surface area (Å²) < 4.78 is 15.8. The molecule has 2 N–H and O–H groups in total. The van der Waals surface area contributed by atoms with Gasteiger partial charge in [-0.05, 0) is 63.8 Å². The van der Waals surface area contributed by atoms with Crippen molar-refractivity contribution in [3.63, 3.8) is 0 Å². The molecule has 3 rings (SSSR count). The SMILES string of the molecule is CCO[C@H]1OC(=O)CC1NC(=O)[C@@H]1CCCN1C(=O)[C@H](C)NC(=O)c1cc(C)c(OC)c(C)c1. The molecule has 2 aliphatic heterocycles. The highest BCUT2D eigenvalue weighted by atomic mass is 16.7. The lowest BCUT2D eigenvalue weighted by molar-refractivity contribution is -0.164. The maximum atomic E-state index is 13.1. The number of methoxy groups -OCH3 is 1. The van der Waals surface area contributed by atoms with Gasteiger partial charge in [0, 0.05) is 18.7 Å². The van der Waals surface area contributed by atoms with Crippen LogP contribution >= 0.6 is 0 Å². The van der Waals surface area contributed by atoms with Crippen molar-refractivity contribution in [1.29, 1.82) is 0 Å². The molecule has 10 heteroatoms. The number of rotatable bonds is 8.